The summed E-state index contributed by atoms with van der Waals surface area (Å²) in [6, 6.07) is 68.6. The van der Waals surface area contributed by atoms with Crippen LogP contribution in [0.2, 0.25) is 0 Å². The molecule has 0 spiro atoms. The first kappa shape index (κ1) is 35.3. The SMILES string of the molecule is C1=Cc2c(c(-c3ccc(-c4cc(-c5ccc(-c6ccccc6)cc5)cc(C5N=C(c6ccccc6)N=C(c6ccccc6)N5)c4)c4ccccc34)nc3ccccc23)CN1. The Kier molecular flexibility index (Phi) is 8.90. The van der Waals surface area contributed by atoms with Crippen LogP contribution in [-0.2, 0) is 6.54 Å². The largest absolute Gasteiger partial charge is 0.387 e. The number of amidine groups is 2. The Labute approximate surface area is 349 Å². The zero-order valence-corrected chi connectivity index (χ0v) is 32.8. The maximum atomic E-state index is 5.33. The summed E-state index contributed by atoms with van der Waals surface area (Å²) in [5.41, 5.74) is 15.5. The van der Waals surface area contributed by atoms with E-state index in [-0.39, 0.29) is 0 Å². The zero-order chi connectivity index (χ0) is 39.8. The van der Waals surface area contributed by atoms with Gasteiger partial charge in [-0.25, -0.2) is 15.0 Å². The lowest BCUT2D eigenvalue weighted by Crippen LogP contribution is -2.33. The molecule has 3 heterocycles. The number of hydrogen-bond acceptors (Lipinski definition) is 5. The Morgan fingerprint density at radius 3 is 1.77 bits per heavy atom. The first-order chi connectivity index (χ1) is 29.7. The molecule has 9 aromatic rings. The van der Waals surface area contributed by atoms with E-state index in [0.717, 1.165) is 78.9 Å². The number of rotatable bonds is 7. The van der Waals surface area contributed by atoms with Crippen molar-refractivity contribution in [2.24, 2.45) is 9.98 Å². The summed E-state index contributed by atoms with van der Waals surface area (Å²) in [5.74, 6) is 1.49. The maximum absolute atomic E-state index is 5.33. The molecule has 284 valence electrons. The topological polar surface area (TPSA) is 61.7 Å². The highest BCUT2D eigenvalue weighted by Gasteiger charge is 2.24. The molecule has 0 radical (unpaired) electrons. The number of hydrogen-bond donors (Lipinski definition) is 2. The quantitative estimate of drug-likeness (QED) is 0.170. The van der Waals surface area contributed by atoms with E-state index >= 15 is 0 Å². The van der Waals surface area contributed by atoms with Crippen LogP contribution < -0.4 is 10.6 Å². The molecule has 2 N–H and O–H groups in total. The summed E-state index contributed by atoms with van der Waals surface area (Å²) in [5, 5.41) is 10.7. The first-order valence-corrected chi connectivity index (χ1v) is 20.4. The molecule has 5 nitrogen and oxygen atoms in total. The summed E-state index contributed by atoms with van der Waals surface area (Å²) in [4.78, 5) is 15.7. The third-order valence-corrected chi connectivity index (χ3v) is 11.6. The van der Waals surface area contributed by atoms with Crippen LogP contribution in [0.1, 0.15) is 34.0 Å². The molecule has 1 aromatic heterocycles. The summed E-state index contributed by atoms with van der Waals surface area (Å²) >= 11 is 0. The van der Waals surface area contributed by atoms with Crippen molar-refractivity contribution < 1.29 is 0 Å². The van der Waals surface area contributed by atoms with E-state index in [4.69, 9.17) is 15.0 Å². The van der Waals surface area contributed by atoms with Gasteiger partial charge in [-0.2, -0.15) is 0 Å². The predicted octanol–water partition coefficient (Wildman–Crippen LogP) is 12.6. The minimum absolute atomic E-state index is 0.394. The number of aliphatic imine (C=N–C) groups is 2. The van der Waals surface area contributed by atoms with Crippen LogP contribution in [0.4, 0.5) is 0 Å². The third kappa shape index (κ3) is 6.52. The lowest BCUT2D eigenvalue weighted by atomic mass is 9.88. The average molecular weight is 770 g/mol. The highest BCUT2D eigenvalue weighted by Crippen LogP contribution is 2.41. The zero-order valence-electron chi connectivity index (χ0n) is 32.8. The number of fused-ring (bicyclic) bond motifs is 4. The number of pyridine rings is 1. The van der Waals surface area contributed by atoms with Gasteiger partial charge in [-0.05, 0) is 91.8 Å². The third-order valence-electron chi connectivity index (χ3n) is 11.6. The van der Waals surface area contributed by atoms with E-state index in [1.165, 1.54) is 27.6 Å². The highest BCUT2D eigenvalue weighted by molar-refractivity contribution is 6.13. The van der Waals surface area contributed by atoms with E-state index < -0.39 is 6.17 Å². The molecule has 2 aliphatic rings. The summed E-state index contributed by atoms with van der Waals surface area (Å²) in [6.07, 6.45) is 3.83. The van der Waals surface area contributed by atoms with Gasteiger partial charge in [0.05, 0.1) is 11.2 Å². The highest BCUT2D eigenvalue weighted by atomic mass is 15.2. The normalized spacial score (nSPS) is 14.5. The van der Waals surface area contributed by atoms with Crippen molar-refractivity contribution >= 4 is 39.4 Å². The fourth-order valence-corrected chi connectivity index (χ4v) is 8.63. The van der Waals surface area contributed by atoms with Gasteiger partial charge >= 0.3 is 0 Å². The van der Waals surface area contributed by atoms with Gasteiger partial charge in [0.25, 0.3) is 0 Å². The standard InChI is InChI=1S/C55H39N5/c1-4-14-36(15-5-1)37-24-26-38(27-25-37)41-32-42(34-43(33-41)55-59-53(39-16-6-2-7-17-39)58-54(60-55)40-18-8-3-9-19-40)44-28-29-49(46-21-11-10-20-45(44)46)52-50-35-56-31-30-47(50)48-22-12-13-23-51(48)57-52/h1-34,55-56H,35H2,(H,58,59,60). The van der Waals surface area contributed by atoms with Crippen molar-refractivity contribution in [3.8, 4) is 44.6 Å². The molecule has 0 fully saturated rings. The van der Waals surface area contributed by atoms with Crippen molar-refractivity contribution in [3.63, 3.8) is 0 Å². The number of para-hydroxylation sites is 1. The van der Waals surface area contributed by atoms with E-state index in [2.05, 4.69) is 174 Å². The van der Waals surface area contributed by atoms with E-state index in [9.17, 15) is 0 Å². The van der Waals surface area contributed by atoms with Crippen LogP contribution in [0.15, 0.2) is 210 Å². The molecule has 8 aromatic carbocycles. The number of benzene rings is 8. The maximum Gasteiger partial charge on any atom is 0.159 e. The Balaban J connectivity index is 1.09. The van der Waals surface area contributed by atoms with Gasteiger partial charge in [-0.15, -0.1) is 0 Å². The lowest BCUT2D eigenvalue weighted by Gasteiger charge is -2.25. The van der Waals surface area contributed by atoms with E-state index in [1.54, 1.807) is 0 Å². The van der Waals surface area contributed by atoms with Crippen molar-refractivity contribution in [2.45, 2.75) is 12.7 Å². The molecule has 5 heteroatoms. The predicted molar refractivity (Wildman–Crippen MR) is 249 cm³/mol. The van der Waals surface area contributed by atoms with Crippen molar-refractivity contribution in [1.82, 2.24) is 15.6 Å². The van der Waals surface area contributed by atoms with Crippen LogP contribution in [-0.4, -0.2) is 16.7 Å². The molecule has 0 amide bonds. The molecular formula is C55H39N5. The van der Waals surface area contributed by atoms with Crippen LogP contribution in [0, 0.1) is 0 Å². The fraction of sp³-hybridized carbons (Fsp3) is 0.0364. The molecule has 60 heavy (non-hydrogen) atoms. The second-order valence-corrected chi connectivity index (χ2v) is 15.3. The van der Waals surface area contributed by atoms with Crippen molar-refractivity contribution in [1.29, 1.82) is 0 Å². The first-order valence-electron chi connectivity index (χ1n) is 20.4. The lowest BCUT2D eigenvalue weighted by molar-refractivity contribution is 0.674. The van der Waals surface area contributed by atoms with Crippen LogP contribution in [0.25, 0.3) is 72.4 Å². The number of nitrogens with one attached hydrogen (secondary N) is 2. The molecule has 1 atom stereocenters. The molecule has 0 saturated heterocycles. The van der Waals surface area contributed by atoms with E-state index in [1.807, 2.05) is 42.6 Å². The molecule has 2 aliphatic heterocycles. The molecule has 11 rings (SSSR count). The Hall–Kier alpha value is -7.89. The molecular weight excluding hydrogens is 731 g/mol. The second-order valence-electron chi connectivity index (χ2n) is 15.3. The Bertz CT molecular complexity index is 3150. The monoisotopic (exact) mass is 769 g/mol. The summed E-state index contributed by atoms with van der Waals surface area (Å²) in [6.45, 7) is 0.720. The number of nitrogens with zero attached hydrogens (tertiary/aromatic N) is 3. The van der Waals surface area contributed by atoms with Gasteiger partial charge in [0, 0.05) is 34.2 Å². The minimum Gasteiger partial charge on any atom is -0.387 e. The number of aromatic nitrogens is 1. The van der Waals surface area contributed by atoms with Gasteiger partial charge < -0.3 is 10.6 Å². The smallest absolute Gasteiger partial charge is 0.159 e. The van der Waals surface area contributed by atoms with Gasteiger partial charge in [-0.3, -0.25) is 0 Å². The van der Waals surface area contributed by atoms with Crippen LogP contribution in [0.3, 0.4) is 0 Å². The summed E-state index contributed by atoms with van der Waals surface area (Å²) < 4.78 is 0. The minimum atomic E-state index is -0.394. The van der Waals surface area contributed by atoms with Crippen LogP contribution >= 0.6 is 0 Å². The Morgan fingerprint density at radius 1 is 0.467 bits per heavy atom. The van der Waals surface area contributed by atoms with Crippen molar-refractivity contribution in [3.05, 3.63) is 228 Å². The van der Waals surface area contributed by atoms with Gasteiger partial charge in [0.1, 0.15) is 12.0 Å². The fourth-order valence-electron chi connectivity index (χ4n) is 8.63. The van der Waals surface area contributed by atoms with Gasteiger partial charge in [0.15, 0.2) is 5.84 Å². The molecule has 0 aliphatic carbocycles. The molecule has 0 bridgehead atoms. The van der Waals surface area contributed by atoms with Crippen molar-refractivity contribution in [2.75, 3.05) is 0 Å². The van der Waals surface area contributed by atoms with Gasteiger partial charge in [0.2, 0.25) is 0 Å². The average Bonchev–Trinajstić information content (AvgIpc) is 3.34. The van der Waals surface area contributed by atoms with Crippen LogP contribution in [0.5, 0.6) is 0 Å². The molecule has 0 saturated carbocycles. The molecule has 1 unspecified atom stereocenters. The Morgan fingerprint density at radius 2 is 1.03 bits per heavy atom. The summed E-state index contributed by atoms with van der Waals surface area (Å²) in [7, 11) is 0. The van der Waals surface area contributed by atoms with E-state index in [0.29, 0.717) is 5.84 Å². The second kappa shape index (κ2) is 15.1. The van der Waals surface area contributed by atoms with Gasteiger partial charge in [-0.1, -0.05) is 170 Å².